The number of hydrogen-bond acceptors (Lipinski definition) is 7. The van der Waals surface area contributed by atoms with Crippen LogP contribution in [-0.4, -0.2) is 63.2 Å². The molecule has 0 aliphatic carbocycles. The van der Waals surface area contributed by atoms with E-state index in [1.165, 1.54) is 4.68 Å². The molecule has 11 heteroatoms. The number of aromatic nitrogens is 5. The number of anilines is 1. The monoisotopic (exact) mass is 510 g/mol. The van der Waals surface area contributed by atoms with Gasteiger partial charge in [-0.05, 0) is 73.4 Å². The smallest absolute Gasteiger partial charge is 0.251 e. The SMILES string of the molecule is CN(C)CCCNC(=O)c1ccc(-c2cnc(N)c(-c3nnnn3-c3cccc(Cl)c3Cl)c2)cc1. The molecule has 0 bridgehead atoms. The third-order valence-corrected chi connectivity index (χ3v) is 6.15. The van der Waals surface area contributed by atoms with Gasteiger partial charge in [-0.1, -0.05) is 41.4 Å². The van der Waals surface area contributed by atoms with Crippen LogP contribution in [0.3, 0.4) is 0 Å². The maximum atomic E-state index is 12.4. The molecule has 9 nitrogen and oxygen atoms in total. The van der Waals surface area contributed by atoms with Gasteiger partial charge in [-0.3, -0.25) is 4.79 Å². The predicted octanol–water partition coefficient (Wildman–Crippen LogP) is 3.96. The summed E-state index contributed by atoms with van der Waals surface area (Å²) in [7, 11) is 4.01. The summed E-state index contributed by atoms with van der Waals surface area (Å²) in [6.07, 6.45) is 2.55. The van der Waals surface area contributed by atoms with Crippen LogP contribution in [0.1, 0.15) is 16.8 Å². The Bertz CT molecular complexity index is 1340. The molecule has 0 saturated carbocycles. The van der Waals surface area contributed by atoms with Crippen molar-refractivity contribution < 1.29 is 4.79 Å². The zero-order chi connectivity index (χ0) is 24.9. The van der Waals surface area contributed by atoms with Crippen LogP contribution in [0.15, 0.2) is 54.7 Å². The Morgan fingerprint density at radius 2 is 1.89 bits per heavy atom. The molecular weight excluding hydrogens is 487 g/mol. The minimum Gasteiger partial charge on any atom is -0.383 e. The molecular formula is C24H24Cl2N8O. The Hall–Kier alpha value is -3.53. The standard InChI is InChI=1S/C24H24Cl2N8O/c1-33(2)12-4-11-28-24(35)16-9-7-15(8-10-16)17-13-18(22(27)29-14-17)23-30-31-32-34(23)20-6-3-5-19(25)21(20)26/h3,5-10,13-14H,4,11-12H2,1-2H3,(H2,27,29)(H,28,35). The van der Waals surface area contributed by atoms with Crippen LogP contribution >= 0.6 is 23.2 Å². The van der Waals surface area contributed by atoms with Crippen molar-refractivity contribution in [1.82, 2.24) is 35.4 Å². The number of tetrazole rings is 1. The number of pyridine rings is 1. The second-order valence-electron chi connectivity index (χ2n) is 8.13. The molecule has 0 aliphatic rings. The highest BCUT2D eigenvalue weighted by atomic mass is 35.5. The first-order chi connectivity index (χ1) is 16.8. The van der Waals surface area contributed by atoms with Gasteiger partial charge in [0, 0.05) is 23.9 Å². The van der Waals surface area contributed by atoms with Gasteiger partial charge in [0.1, 0.15) is 5.82 Å². The fourth-order valence-electron chi connectivity index (χ4n) is 3.50. The number of nitrogens with zero attached hydrogens (tertiary/aromatic N) is 6. The molecule has 0 radical (unpaired) electrons. The van der Waals surface area contributed by atoms with E-state index in [9.17, 15) is 4.79 Å². The summed E-state index contributed by atoms with van der Waals surface area (Å²) in [5.41, 5.74) is 9.47. The van der Waals surface area contributed by atoms with Gasteiger partial charge in [-0.2, -0.15) is 4.68 Å². The highest BCUT2D eigenvalue weighted by molar-refractivity contribution is 6.43. The molecule has 2 aromatic carbocycles. The van der Waals surface area contributed by atoms with Crippen molar-refractivity contribution in [3.63, 3.8) is 0 Å². The minimum atomic E-state index is -0.107. The van der Waals surface area contributed by atoms with Crippen LogP contribution in [0, 0.1) is 0 Å². The first-order valence-corrected chi connectivity index (χ1v) is 11.6. The number of carbonyl (C=O) groups excluding carboxylic acids is 1. The minimum absolute atomic E-state index is 0.107. The van der Waals surface area contributed by atoms with Gasteiger partial charge in [0.25, 0.3) is 5.91 Å². The van der Waals surface area contributed by atoms with Gasteiger partial charge in [0.15, 0.2) is 5.82 Å². The molecule has 4 aromatic rings. The lowest BCUT2D eigenvalue weighted by atomic mass is 10.0. The van der Waals surface area contributed by atoms with E-state index in [2.05, 4.69) is 30.7 Å². The van der Waals surface area contributed by atoms with Gasteiger partial charge < -0.3 is 16.0 Å². The van der Waals surface area contributed by atoms with Gasteiger partial charge >= 0.3 is 0 Å². The van der Waals surface area contributed by atoms with Crippen molar-refractivity contribution in [2.45, 2.75) is 6.42 Å². The first kappa shape index (κ1) is 24.6. The Morgan fingerprint density at radius 1 is 1.11 bits per heavy atom. The molecule has 35 heavy (non-hydrogen) atoms. The van der Waals surface area contributed by atoms with E-state index in [4.69, 9.17) is 28.9 Å². The fourth-order valence-corrected chi connectivity index (χ4v) is 3.87. The Morgan fingerprint density at radius 3 is 2.63 bits per heavy atom. The molecule has 2 heterocycles. The van der Waals surface area contributed by atoms with Crippen molar-refractivity contribution in [1.29, 1.82) is 0 Å². The van der Waals surface area contributed by atoms with Crippen LogP contribution < -0.4 is 11.1 Å². The average molecular weight is 511 g/mol. The second kappa shape index (κ2) is 10.8. The normalized spacial score (nSPS) is 11.1. The number of carbonyl (C=O) groups is 1. The fraction of sp³-hybridized carbons (Fsp3) is 0.208. The van der Waals surface area contributed by atoms with E-state index in [1.807, 2.05) is 32.3 Å². The largest absolute Gasteiger partial charge is 0.383 e. The summed E-state index contributed by atoms with van der Waals surface area (Å²) in [6, 6.07) is 14.3. The topological polar surface area (TPSA) is 115 Å². The molecule has 0 spiro atoms. The number of benzene rings is 2. The Balaban J connectivity index is 1.58. The summed E-state index contributed by atoms with van der Waals surface area (Å²) in [5.74, 6) is 0.524. The van der Waals surface area contributed by atoms with Crippen molar-refractivity contribution in [3.05, 3.63) is 70.3 Å². The van der Waals surface area contributed by atoms with Gasteiger partial charge in [-0.15, -0.1) is 5.10 Å². The maximum Gasteiger partial charge on any atom is 0.251 e. The summed E-state index contributed by atoms with van der Waals surface area (Å²) in [4.78, 5) is 18.8. The maximum absolute atomic E-state index is 12.4. The van der Waals surface area contributed by atoms with E-state index in [1.54, 1.807) is 36.5 Å². The quantitative estimate of drug-likeness (QED) is 0.344. The molecule has 1 amide bonds. The van der Waals surface area contributed by atoms with Gasteiger partial charge in [-0.25, -0.2) is 4.98 Å². The van der Waals surface area contributed by atoms with Crippen LogP contribution in [0.25, 0.3) is 28.2 Å². The van der Waals surface area contributed by atoms with Crippen LogP contribution in [0.5, 0.6) is 0 Å². The summed E-state index contributed by atoms with van der Waals surface area (Å²) in [6.45, 7) is 1.54. The van der Waals surface area contributed by atoms with E-state index >= 15 is 0 Å². The molecule has 180 valence electrons. The van der Waals surface area contributed by atoms with E-state index in [-0.39, 0.29) is 11.7 Å². The molecule has 4 rings (SSSR count). The molecule has 0 aliphatic heterocycles. The van der Waals surface area contributed by atoms with Crippen LogP contribution in [0.4, 0.5) is 5.82 Å². The zero-order valence-electron chi connectivity index (χ0n) is 19.2. The second-order valence-corrected chi connectivity index (χ2v) is 8.92. The number of halogens is 2. The molecule has 0 saturated heterocycles. The lowest BCUT2D eigenvalue weighted by Crippen LogP contribution is -2.27. The predicted molar refractivity (Wildman–Crippen MR) is 138 cm³/mol. The molecule has 3 N–H and O–H groups in total. The van der Waals surface area contributed by atoms with Crippen LogP contribution in [0.2, 0.25) is 10.0 Å². The third-order valence-electron chi connectivity index (χ3n) is 5.34. The Labute approximate surface area is 212 Å². The van der Waals surface area contributed by atoms with Crippen molar-refractivity contribution in [3.8, 4) is 28.2 Å². The average Bonchev–Trinajstić information content (AvgIpc) is 3.33. The summed E-state index contributed by atoms with van der Waals surface area (Å²) >= 11 is 12.5. The summed E-state index contributed by atoms with van der Waals surface area (Å²) < 4.78 is 1.47. The number of hydrogen-bond donors (Lipinski definition) is 2. The number of nitrogens with one attached hydrogen (secondary N) is 1. The van der Waals surface area contributed by atoms with Gasteiger partial charge in [0.2, 0.25) is 0 Å². The lowest BCUT2D eigenvalue weighted by molar-refractivity contribution is 0.0952. The van der Waals surface area contributed by atoms with Gasteiger partial charge in [0.05, 0.1) is 21.3 Å². The molecule has 0 fully saturated rings. The highest BCUT2D eigenvalue weighted by Crippen LogP contribution is 2.33. The van der Waals surface area contributed by atoms with E-state index in [0.29, 0.717) is 39.2 Å². The first-order valence-electron chi connectivity index (χ1n) is 10.9. The van der Waals surface area contributed by atoms with Crippen molar-refractivity contribution in [2.75, 3.05) is 32.9 Å². The van der Waals surface area contributed by atoms with E-state index < -0.39 is 0 Å². The van der Waals surface area contributed by atoms with Crippen LogP contribution in [-0.2, 0) is 0 Å². The van der Waals surface area contributed by atoms with E-state index in [0.717, 1.165) is 24.1 Å². The number of rotatable bonds is 8. The van der Waals surface area contributed by atoms with Crippen molar-refractivity contribution in [2.24, 2.45) is 0 Å². The molecule has 0 atom stereocenters. The number of nitrogen functional groups attached to an aromatic ring is 1. The third kappa shape index (κ3) is 5.59. The molecule has 2 aromatic heterocycles. The van der Waals surface area contributed by atoms with Crippen molar-refractivity contribution >= 4 is 34.9 Å². The lowest BCUT2D eigenvalue weighted by Gasteiger charge is -2.11. The number of amides is 1. The zero-order valence-corrected chi connectivity index (χ0v) is 20.8. The number of nitrogens with two attached hydrogens (primary N) is 1. The summed E-state index contributed by atoms with van der Waals surface area (Å²) in [5, 5.41) is 15.6. The Kier molecular flexibility index (Phi) is 7.60. The highest BCUT2D eigenvalue weighted by Gasteiger charge is 2.18. The molecule has 0 unspecified atom stereocenters.